The zero-order valence-electron chi connectivity index (χ0n) is 9.11. The molecule has 1 aromatic carbocycles. The van der Waals surface area contributed by atoms with Crippen LogP contribution >= 0.6 is 0 Å². The minimum absolute atomic E-state index is 0.0309. The molecule has 0 amide bonds. The molecule has 0 bridgehead atoms. The van der Waals surface area contributed by atoms with E-state index >= 15 is 0 Å². The van der Waals surface area contributed by atoms with Crippen molar-refractivity contribution in [2.24, 2.45) is 0 Å². The number of carboxylic acid groups (broad SMARTS) is 1. The molecule has 0 fully saturated rings. The second-order valence-electron chi connectivity index (χ2n) is 3.54. The molecule has 0 atom stereocenters. The molecule has 0 aliphatic carbocycles. The molecule has 2 rings (SSSR count). The molecule has 6 nitrogen and oxygen atoms in total. The largest absolute Gasteiger partial charge is 0.478 e. The van der Waals surface area contributed by atoms with Crippen molar-refractivity contribution in [3.63, 3.8) is 0 Å². The first-order valence-electron chi connectivity index (χ1n) is 5.02. The van der Waals surface area contributed by atoms with Crippen LogP contribution in [0, 0.1) is 10.1 Å². The third-order valence-electron chi connectivity index (χ3n) is 2.36. The Labute approximate surface area is 102 Å². The van der Waals surface area contributed by atoms with Crippen molar-refractivity contribution in [1.82, 2.24) is 4.98 Å². The molecule has 0 radical (unpaired) electrons. The maximum atomic E-state index is 10.7. The topological polar surface area (TPSA) is 93.3 Å². The van der Waals surface area contributed by atoms with Crippen LogP contribution in [-0.4, -0.2) is 21.0 Å². The molecule has 0 aliphatic heterocycles. The summed E-state index contributed by atoms with van der Waals surface area (Å²) in [6.45, 7) is 0. The van der Waals surface area contributed by atoms with Crippen LogP contribution in [0.1, 0.15) is 10.4 Å². The predicted molar refractivity (Wildman–Crippen MR) is 63.3 cm³/mol. The molecule has 0 spiro atoms. The number of nitro benzene ring substituents is 1. The number of aromatic nitrogens is 1. The van der Waals surface area contributed by atoms with Crippen molar-refractivity contribution in [2.75, 3.05) is 0 Å². The Bertz CT molecular complexity index is 608. The molecule has 0 unspecified atom stereocenters. The molecule has 1 N–H and O–H groups in total. The van der Waals surface area contributed by atoms with Gasteiger partial charge in [0.15, 0.2) is 0 Å². The number of aromatic carboxylic acids is 1. The minimum Gasteiger partial charge on any atom is -0.478 e. The molecule has 6 heteroatoms. The lowest BCUT2D eigenvalue weighted by Gasteiger charge is -2.01. The Kier molecular flexibility index (Phi) is 3.01. The van der Waals surface area contributed by atoms with Crippen LogP contribution in [0.15, 0.2) is 42.6 Å². The number of nitrogens with zero attached hydrogens (tertiary/aromatic N) is 2. The Morgan fingerprint density at radius 3 is 2.61 bits per heavy atom. The van der Waals surface area contributed by atoms with Gasteiger partial charge in [0, 0.05) is 23.9 Å². The minimum atomic E-state index is -1.06. The van der Waals surface area contributed by atoms with E-state index in [0.29, 0.717) is 11.3 Å². The van der Waals surface area contributed by atoms with E-state index in [2.05, 4.69) is 4.98 Å². The van der Waals surface area contributed by atoms with Crippen molar-refractivity contribution in [3.05, 3.63) is 58.3 Å². The summed E-state index contributed by atoms with van der Waals surface area (Å²) in [4.78, 5) is 24.8. The van der Waals surface area contributed by atoms with Crippen molar-refractivity contribution in [1.29, 1.82) is 0 Å². The summed E-state index contributed by atoms with van der Waals surface area (Å²) < 4.78 is 0. The fourth-order valence-corrected chi connectivity index (χ4v) is 1.47. The number of nitro groups is 1. The van der Waals surface area contributed by atoms with Crippen LogP contribution in [0.25, 0.3) is 11.3 Å². The van der Waals surface area contributed by atoms with Gasteiger partial charge in [0.2, 0.25) is 0 Å². The fourth-order valence-electron chi connectivity index (χ4n) is 1.47. The molecule has 1 aromatic heterocycles. The number of carboxylic acids is 1. The van der Waals surface area contributed by atoms with Crippen LogP contribution in [-0.2, 0) is 0 Å². The summed E-state index contributed by atoms with van der Waals surface area (Å²) in [5.41, 5.74) is 1.10. The summed E-state index contributed by atoms with van der Waals surface area (Å²) in [7, 11) is 0. The van der Waals surface area contributed by atoms with Gasteiger partial charge in [0.05, 0.1) is 16.2 Å². The molecule has 0 saturated carbocycles. The van der Waals surface area contributed by atoms with Crippen molar-refractivity contribution in [2.45, 2.75) is 0 Å². The normalized spacial score (nSPS) is 10.0. The van der Waals surface area contributed by atoms with E-state index in [0.717, 1.165) is 0 Å². The van der Waals surface area contributed by atoms with Gasteiger partial charge in [-0.2, -0.15) is 0 Å². The molecule has 1 heterocycles. The van der Waals surface area contributed by atoms with Crippen LogP contribution in [0.5, 0.6) is 0 Å². The lowest BCUT2D eigenvalue weighted by molar-refractivity contribution is -0.384. The maximum Gasteiger partial charge on any atom is 0.337 e. The maximum absolute atomic E-state index is 10.7. The highest BCUT2D eigenvalue weighted by Crippen LogP contribution is 2.22. The number of hydrogen-bond acceptors (Lipinski definition) is 4. The zero-order chi connectivity index (χ0) is 13.1. The Morgan fingerprint density at radius 1 is 1.28 bits per heavy atom. The molecule has 90 valence electrons. The van der Waals surface area contributed by atoms with E-state index in [4.69, 9.17) is 5.11 Å². The molecule has 0 aliphatic rings. The number of benzene rings is 1. The molecule has 18 heavy (non-hydrogen) atoms. The monoisotopic (exact) mass is 244 g/mol. The van der Waals surface area contributed by atoms with Gasteiger partial charge < -0.3 is 5.11 Å². The Balaban J connectivity index is 2.39. The fraction of sp³-hybridized carbons (Fsp3) is 0. The van der Waals surface area contributed by atoms with Crippen molar-refractivity contribution in [3.8, 4) is 11.3 Å². The standard InChI is InChI=1S/C12H8N2O4/c15-12(16)9-4-5-11(13-7-9)8-2-1-3-10(6-8)14(17)18/h1-7H,(H,15,16). The average molecular weight is 244 g/mol. The highest BCUT2D eigenvalue weighted by molar-refractivity contribution is 5.87. The number of hydrogen-bond donors (Lipinski definition) is 1. The van der Waals surface area contributed by atoms with Crippen LogP contribution in [0.2, 0.25) is 0 Å². The van der Waals surface area contributed by atoms with E-state index in [9.17, 15) is 14.9 Å². The van der Waals surface area contributed by atoms with E-state index < -0.39 is 10.9 Å². The lowest BCUT2D eigenvalue weighted by atomic mass is 10.1. The van der Waals surface area contributed by atoms with Crippen LogP contribution in [0.4, 0.5) is 5.69 Å². The summed E-state index contributed by atoms with van der Waals surface area (Å²) in [6, 6.07) is 8.93. The van der Waals surface area contributed by atoms with Crippen molar-refractivity contribution >= 4 is 11.7 Å². The first-order chi connectivity index (χ1) is 8.58. The van der Waals surface area contributed by atoms with Gasteiger partial charge in [-0.3, -0.25) is 15.1 Å². The van der Waals surface area contributed by atoms with Gasteiger partial charge in [-0.05, 0) is 12.1 Å². The number of carbonyl (C=O) groups is 1. The smallest absolute Gasteiger partial charge is 0.337 e. The van der Waals surface area contributed by atoms with Crippen LogP contribution in [0.3, 0.4) is 0 Å². The second kappa shape index (κ2) is 4.62. The van der Waals surface area contributed by atoms with Gasteiger partial charge in [0.1, 0.15) is 0 Å². The number of non-ortho nitro benzene ring substituents is 1. The SMILES string of the molecule is O=C(O)c1ccc(-c2cccc([N+](=O)[O-])c2)nc1. The van der Waals surface area contributed by atoms with Gasteiger partial charge in [-0.1, -0.05) is 12.1 Å². The first kappa shape index (κ1) is 11.7. The Morgan fingerprint density at radius 2 is 2.06 bits per heavy atom. The molecular weight excluding hydrogens is 236 g/mol. The summed E-state index contributed by atoms with van der Waals surface area (Å²) >= 11 is 0. The van der Waals surface area contributed by atoms with E-state index in [1.807, 2.05) is 0 Å². The van der Waals surface area contributed by atoms with E-state index in [1.165, 1.54) is 30.5 Å². The van der Waals surface area contributed by atoms with Gasteiger partial charge in [-0.15, -0.1) is 0 Å². The average Bonchev–Trinajstić information content (AvgIpc) is 2.39. The van der Waals surface area contributed by atoms with Gasteiger partial charge in [-0.25, -0.2) is 4.79 Å². The van der Waals surface area contributed by atoms with E-state index in [-0.39, 0.29) is 11.3 Å². The highest BCUT2D eigenvalue weighted by Gasteiger charge is 2.09. The summed E-state index contributed by atoms with van der Waals surface area (Å²) in [5.74, 6) is -1.06. The number of rotatable bonds is 3. The highest BCUT2D eigenvalue weighted by atomic mass is 16.6. The zero-order valence-corrected chi connectivity index (χ0v) is 9.11. The second-order valence-corrected chi connectivity index (χ2v) is 3.54. The summed E-state index contributed by atoms with van der Waals surface area (Å²) in [5, 5.41) is 19.4. The van der Waals surface area contributed by atoms with Crippen LogP contribution < -0.4 is 0 Å². The van der Waals surface area contributed by atoms with Gasteiger partial charge in [0.25, 0.3) is 5.69 Å². The quantitative estimate of drug-likeness (QED) is 0.660. The first-order valence-corrected chi connectivity index (χ1v) is 5.02. The third kappa shape index (κ3) is 2.32. The van der Waals surface area contributed by atoms with Gasteiger partial charge >= 0.3 is 5.97 Å². The predicted octanol–water partition coefficient (Wildman–Crippen LogP) is 2.36. The molecule has 2 aromatic rings. The van der Waals surface area contributed by atoms with E-state index in [1.54, 1.807) is 12.1 Å². The molecular formula is C12H8N2O4. The summed E-state index contributed by atoms with van der Waals surface area (Å²) in [6.07, 6.45) is 1.22. The Hall–Kier alpha value is -2.76. The third-order valence-corrected chi connectivity index (χ3v) is 2.36. The molecule has 0 saturated heterocycles. The van der Waals surface area contributed by atoms with Crippen molar-refractivity contribution < 1.29 is 14.8 Å². The lowest BCUT2D eigenvalue weighted by Crippen LogP contribution is -1.97. The number of pyridine rings is 1.